The third kappa shape index (κ3) is 3.75. The molecule has 28 heavy (non-hydrogen) atoms. The Labute approximate surface area is 165 Å². The monoisotopic (exact) mass is 400 g/mol. The van der Waals surface area contributed by atoms with Crippen molar-refractivity contribution in [3.05, 3.63) is 54.2 Å². The predicted octanol–water partition coefficient (Wildman–Crippen LogP) is 4.45. The van der Waals surface area contributed by atoms with Gasteiger partial charge in [-0.1, -0.05) is 38.5 Å². The maximum atomic E-state index is 12.9. The molecule has 148 valence electrons. The number of benzene rings is 2. The van der Waals surface area contributed by atoms with Gasteiger partial charge in [0.2, 0.25) is 5.91 Å². The minimum Gasteiger partial charge on any atom is -0.497 e. The Hall–Kier alpha value is -2.80. The van der Waals surface area contributed by atoms with Crippen molar-refractivity contribution >= 4 is 32.5 Å². The lowest BCUT2D eigenvalue weighted by atomic mass is 9.95. The molecule has 1 heterocycles. The van der Waals surface area contributed by atoms with Gasteiger partial charge in [0.25, 0.3) is 10.0 Å². The SMILES string of the molecule is COc1cc(NS(=O)(=O)c2ccc(C)cc2)c2c(ccn2C(=O)C(C)(C)C)c1. The molecular formula is C21H24N2O4S. The van der Waals surface area contributed by atoms with Crippen molar-refractivity contribution in [1.82, 2.24) is 4.57 Å². The minimum atomic E-state index is -3.83. The van der Waals surface area contributed by atoms with Crippen LogP contribution < -0.4 is 9.46 Å². The zero-order valence-electron chi connectivity index (χ0n) is 16.6. The fraction of sp³-hybridized carbons (Fsp3) is 0.286. The predicted molar refractivity (Wildman–Crippen MR) is 111 cm³/mol. The lowest BCUT2D eigenvalue weighted by Gasteiger charge is -2.19. The highest BCUT2D eigenvalue weighted by Crippen LogP contribution is 2.33. The summed E-state index contributed by atoms with van der Waals surface area (Å²) in [5, 5.41) is 0.707. The van der Waals surface area contributed by atoms with E-state index in [2.05, 4.69) is 4.72 Å². The first-order valence-electron chi connectivity index (χ1n) is 8.86. The molecule has 0 amide bonds. The molecule has 0 bridgehead atoms. The van der Waals surface area contributed by atoms with Gasteiger partial charge < -0.3 is 4.74 Å². The summed E-state index contributed by atoms with van der Waals surface area (Å²) in [5.41, 5.74) is 1.13. The highest BCUT2D eigenvalue weighted by Gasteiger charge is 2.26. The van der Waals surface area contributed by atoms with E-state index in [1.165, 1.54) is 11.7 Å². The number of methoxy groups -OCH3 is 1. The zero-order valence-corrected chi connectivity index (χ0v) is 17.4. The van der Waals surface area contributed by atoms with Crippen LogP contribution in [0.25, 0.3) is 10.9 Å². The third-order valence-electron chi connectivity index (χ3n) is 4.43. The maximum absolute atomic E-state index is 12.9. The highest BCUT2D eigenvalue weighted by atomic mass is 32.2. The molecule has 0 atom stereocenters. The van der Waals surface area contributed by atoms with Gasteiger partial charge in [-0.15, -0.1) is 0 Å². The topological polar surface area (TPSA) is 77.4 Å². The molecule has 0 saturated carbocycles. The molecule has 0 spiro atoms. The van der Waals surface area contributed by atoms with Gasteiger partial charge in [-0.3, -0.25) is 14.1 Å². The average molecular weight is 401 g/mol. The zero-order chi connectivity index (χ0) is 20.7. The van der Waals surface area contributed by atoms with E-state index >= 15 is 0 Å². The minimum absolute atomic E-state index is 0.136. The largest absolute Gasteiger partial charge is 0.497 e. The Bertz CT molecular complexity index is 1140. The summed E-state index contributed by atoms with van der Waals surface area (Å²) in [4.78, 5) is 13.0. The number of nitrogens with zero attached hydrogens (tertiary/aromatic N) is 1. The maximum Gasteiger partial charge on any atom is 0.261 e. The fourth-order valence-electron chi connectivity index (χ4n) is 2.90. The molecule has 2 aromatic carbocycles. The van der Waals surface area contributed by atoms with Gasteiger partial charge in [0.05, 0.1) is 23.2 Å². The van der Waals surface area contributed by atoms with E-state index in [-0.39, 0.29) is 16.5 Å². The molecule has 6 nitrogen and oxygen atoms in total. The second-order valence-corrected chi connectivity index (χ2v) is 9.45. The van der Waals surface area contributed by atoms with E-state index in [1.54, 1.807) is 48.7 Å². The summed E-state index contributed by atoms with van der Waals surface area (Å²) in [5.74, 6) is 0.360. The van der Waals surface area contributed by atoms with Crippen LogP contribution in [0.4, 0.5) is 5.69 Å². The molecule has 0 fully saturated rings. The van der Waals surface area contributed by atoms with Crippen molar-refractivity contribution in [2.45, 2.75) is 32.6 Å². The molecule has 0 aliphatic carbocycles. The van der Waals surface area contributed by atoms with Crippen LogP contribution in [0.2, 0.25) is 0 Å². The Morgan fingerprint density at radius 3 is 2.29 bits per heavy atom. The Kier molecular flexibility index (Phi) is 4.97. The van der Waals surface area contributed by atoms with Crippen molar-refractivity contribution in [3.63, 3.8) is 0 Å². The van der Waals surface area contributed by atoms with Gasteiger partial charge in [0.15, 0.2) is 0 Å². The van der Waals surface area contributed by atoms with Crippen molar-refractivity contribution < 1.29 is 17.9 Å². The van der Waals surface area contributed by atoms with Crippen LogP contribution in [-0.2, 0) is 10.0 Å². The second-order valence-electron chi connectivity index (χ2n) is 7.77. The van der Waals surface area contributed by atoms with E-state index in [0.717, 1.165) is 5.56 Å². The normalized spacial score (nSPS) is 12.2. The van der Waals surface area contributed by atoms with Gasteiger partial charge in [0.1, 0.15) is 5.75 Å². The van der Waals surface area contributed by atoms with Crippen molar-refractivity contribution in [1.29, 1.82) is 0 Å². The number of carbonyl (C=O) groups is 1. The van der Waals surface area contributed by atoms with Gasteiger partial charge in [-0.25, -0.2) is 8.42 Å². The number of hydrogen-bond donors (Lipinski definition) is 1. The molecule has 0 aliphatic rings. The summed E-state index contributed by atoms with van der Waals surface area (Å²) in [6.45, 7) is 7.35. The summed E-state index contributed by atoms with van der Waals surface area (Å²) < 4.78 is 35.2. The molecule has 3 rings (SSSR count). The smallest absolute Gasteiger partial charge is 0.261 e. The van der Waals surface area contributed by atoms with Crippen molar-refractivity contribution in [2.75, 3.05) is 11.8 Å². The standard InChI is InChI=1S/C21H24N2O4S/c1-14-6-8-17(9-7-14)28(25,26)22-18-13-16(27-5)12-15-10-11-23(19(15)18)20(24)21(2,3)4/h6-13,22H,1-5H3. The van der Waals surface area contributed by atoms with Crippen LogP contribution in [-0.4, -0.2) is 26.0 Å². The first kappa shape index (κ1) is 19.9. The van der Waals surface area contributed by atoms with E-state index in [4.69, 9.17) is 4.74 Å². The van der Waals surface area contributed by atoms with Gasteiger partial charge in [-0.2, -0.15) is 0 Å². The molecule has 0 aliphatic heterocycles. The highest BCUT2D eigenvalue weighted by molar-refractivity contribution is 7.92. The van der Waals surface area contributed by atoms with Crippen LogP contribution in [0.5, 0.6) is 5.75 Å². The molecule has 0 saturated heterocycles. The number of sulfonamides is 1. The van der Waals surface area contributed by atoms with E-state index in [1.807, 2.05) is 27.7 Å². The van der Waals surface area contributed by atoms with E-state index < -0.39 is 15.4 Å². The molecule has 0 unspecified atom stereocenters. The number of hydrogen-bond acceptors (Lipinski definition) is 4. The number of fused-ring (bicyclic) bond motifs is 1. The number of aryl methyl sites for hydroxylation is 1. The quantitative estimate of drug-likeness (QED) is 0.702. The number of ether oxygens (including phenoxy) is 1. The summed E-state index contributed by atoms with van der Waals surface area (Å²) in [6, 6.07) is 11.7. The molecule has 7 heteroatoms. The molecule has 0 radical (unpaired) electrons. The lowest BCUT2D eigenvalue weighted by molar-refractivity contribution is 0.0773. The third-order valence-corrected chi connectivity index (χ3v) is 5.81. The van der Waals surface area contributed by atoms with Crippen LogP contribution in [0.15, 0.2) is 53.6 Å². The first-order chi connectivity index (χ1) is 13.0. The molecule has 3 aromatic rings. The molecule has 1 aromatic heterocycles. The fourth-order valence-corrected chi connectivity index (χ4v) is 3.96. The van der Waals surface area contributed by atoms with Crippen LogP contribution in [0.3, 0.4) is 0 Å². The molecule has 1 N–H and O–H groups in total. The van der Waals surface area contributed by atoms with Gasteiger partial charge >= 0.3 is 0 Å². The van der Waals surface area contributed by atoms with Gasteiger partial charge in [0, 0.05) is 23.1 Å². The van der Waals surface area contributed by atoms with Crippen LogP contribution in [0.1, 0.15) is 31.1 Å². The van der Waals surface area contributed by atoms with E-state index in [0.29, 0.717) is 16.7 Å². The lowest BCUT2D eigenvalue weighted by Crippen LogP contribution is -2.26. The number of anilines is 1. The van der Waals surface area contributed by atoms with Crippen LogP contribution >= 0.6 is 0 Å². The number of aromatic nitrogens is 1. The molecular weight excluding hydrogens is 376 g/mol. The number of nitrogens with one attached hydrogen (secondary N) is 1. The summed E-state index contributed by atoms with van der Waals surface area (Å²) >= 11 is 0. The van der Waals surface area contributed by atoms with E-state index in [9.17, 15) is 13.2 Å². The Morgan fingerprint density at radius 2 is 1.71 bits per heavy atom. The van der Waals surface area contributed by atoms with Gasteiger partial charge in [-0.05, 0) is 31.2 Å². The van der Waals surface area contributed by atoms with Crippen molar-refractivity contribution in [2.24, 2.45) is 5.41 Å². The number of rotatable bonds is 4. The van der Waals surface area contributed by atoms with Crippen LogP contribution in [0, 0.1) is 12.3 Å². The summed E-state index contributed by atoms with van der Waals surface area (Å²) in [6.07, 6.45) is 1.65. The summed E-state index contributed by atoms with van der Waals surface area (Å²) in [7, 11) is -2.32. The number of carbonyl (C=O) groups excluding carboxylic acids is 1. The Balaban J connectivity index is 2.17. The second kappa shape index (κ2) is 6.98. The van der Waals surface area contributed by atoms with Crippen molar-refractivity contribution in [3.8, 4) is 5.75 Å². The first-order valence-corrected chi connectivity index (χ1v) is 10.3. The Morgan fingerprint density at radius 1 is 1.07 bits per heavy atom. The average Bonchev–Trinajstić information content (AvgIpc) is 3.04.